The molecule has 3 aromatic rings. The lowest BCUT2D eigenvalue weighted by Gasteiger charge is -2.22. The fourth-order valence-electron chi connectivity index (χ4n) is 3.24. The van der Waals surface area contributed by atoms with Crippen LogP contribution in [0, 0.1) is 13.8 Å². The summed E-state index contributed by atoms with van der Waals surface area (Å²) in [5.41, 5.74) is 8.62. The van der Waals surface area contributed by atoms with Crippen LogP contribution in [0.15, 0.2) is 58.1 Å². The molecule has 0 spiro atoms. The number of aromatic amines is 1. The second-order valence-electron chi connectivity index (χ2n) is 7.22. The molecular formula is C22H25N5O3. The van der Waals surface area contributed by atoms with Gasteiger partial charge in [-0.15, -0.1) is 0 Å². The molecule has 1 heterocycles. The average molecular weight is 407 g/mol. The van der Waals surface area contributed by atoms with E-state index in [0.29, 0.717) is 5.69 Å². The van der Waals surface area contributed by atoms with E-state index in [0.717, 1.165) is 16.7 Å². The summed E-state index contributed by atoms with van der Waals surface area (Å²) in [4.78, 5) is 41.0. The first kappa shape index (κ1) is 20.9. The lowest BCUT2D eigenvalue weighted by Crippen LogP contribution is -2.39. The first-order valence-electron chi connectivity index (χ1n) is 9.51. The van der Waals surface area contributed by atoms with E-state index in [1.165, 1.54) is 9.47 Å². The summed E-state index contributed by atoms with van der Waals surface area (Å²) in [6, 6.07) is 14.9. The Kier molecular flexibility index (Phi) is 6.06. The van der Waals surface area contributed by atoms with Gasteiger partial charge in [-0.25, -0.2) is 4.79 Å². The van der Waals surface area contributed by atoms with E-state index in [2.05, 4.69) is 10.3 Å². The fraction of sp³-hybridized carbons (Fsp3) is 0.227. The monoisotopic (exact) mass is 407 g/mol. The first-order valence-corrected chi connectivity index (χ1v) is 9.51. The maximum atomic E-state index is 12.6. The van der Waals surface area contributed by atoms with Gasteiger partial charge in [-0.2, -0.15) is 0 Å². The van der Waals surface area contributed by atoms with Gasteiger partial charge in [0.25, 0.3) is 5.56 Å². The number of benzene rings is 2. The minimum absolute atomic E-state index is 0.00893. The number of hydrogen-bond acceptors (Lipinski definition) is 5. The first-order chi connectivity index (χ1) is 14.3. The van der Waals surface area contributed by atoms with E-state index in [9.17, 15) is 14.4 Å². The highest BCUT2D eigenvalue weighted by molar-refractivity contribution is 5.95. The molecule has 8 nitrogen and oxygen atoms in total. The molecule has 156 valence electrons. The molecular weight excluding hydrogens is 382 g/mol. The molecule has 1 aromatic heterocycles. The van der Waals surface area contributed by atoms with Crippen LogP contribution in [0.4, 0.5) is 17.2 Å². The molecule has 0 saturated carbocycles. The molecule has 0 aliphatic heterocycles. The number of H-pyrrole nitrogens is 1. The van der Waals surface area contributed by atoms with Crippen molar-refractivity contribution in [3.63, 3.8) is 0 Å². The number of likely N-dealkylation sites (N-methyl/N-ethyl adjacent to an activating group) is 1. The van der Waals surface area contributed by atoms with E-state index in [-0.39, 0.29) is 30.5 Å². The van der Waals surface area contributed by atoms with E-state index >= 15 is 0 Å². The van der Waals surface area contributed by atoms with Crippen molar-refractivity contribution in [2.75, 3.05) is 29.5 Å². The third-order valence-corrected chi connectivity index (χ3v) is 5.04. The second kappa shape index (κ2) is 8.69. The van der Waals surface area contributed by atoms with Crippen molar-refractivity contribution in [3.05, 3.63) is 86.1 Å². The number of rotatable bonds is 6. The van der Waals surface area contributed by atoms with Crippen LogP contribution in [0.25, 0.3) is 0 Å². The van der Waals surface area contributed by atoms with Crippen molar-refractivity contribution in [1.29, 1.82) is 0 Å². The summed E-state index contributed by atoms with van der Waals surface area (Å²) in [5, 5.41) is 2.85. The summed E-state index contributed by atoms with van der Waals surface area (Å²) in [6.07, 6.45) is 0. The fourth-order valence-corrected chi connectivity index (χ4v) is 3.24. The lowest BCUT2D eigenvalue weighted by molar-refractivity contribution is -0.114. The van der Waals surface area contributed by atoms with Crippen LogP contribution in [-0.4, -0.2) is 29.1 Å². The average Bonchev–Trinajstić information content (AvgIpc) is 2.69. The van der Waals surface area contributed by atoms with Crippen molar-refractivity contribution in [1.82, 2.24) is 9.55 Å². The number of nitrogen functional groups attached to an aromatic ring is 1. The molecule has 2 aromatic carbocycles. The van der Waals surface area contributed by atoms with Crippen molar-refractivity contribution in [2.45, 2.75) is 20.4 Å². The number of nitrogens with two attached hydrogens (primary N) is 1. The number of aryl methyl sites for hydroxylation is 1. The molecule has 0 atom stereocenters. The molecule has 1 amide bonds. The van der Waals surface area contributed by atoms with Crippen molar-refractivity contribution in [2.24, 2.45) is 0 Å². The number of nitrogens with zero attached hydrogens (tertiary/aromatic N) is 2. The quantitative estimate of drug-likeness (QED) is 0.577. The highest BCUT2D eigenvalue weighted by Crippen LogP contribution is 2.19. The Hall–Kier alpha value is -3.81. The number of aromatic nitrogens is 2. The molecule has 3 rings (SSSR count). The van der Waals surface area contributed by atoms with Gasteiger partial charge in [-0.05, 0) is 36.6 Å². The Labute approximate surface area is 174 Å². The smallest absolute Gasteiger partial charge is 0.330 e. The van der Waals surface area contributed by atoms with Crippen molar-refractivity contribution >= 4 is 23.1 Å². The number of carbonyl (C=O) groups excluding carboxylic acids is 1. The highest BCUT2D eigenvalue weighted by atomic mass is 16.2. The highest BCUT2D eigenvalue weighted by Gasteiger charge is 2.19. The van der Waals surface area contributed by atoms with Crippen LogP contribution < -0.4 is 27.2 Å². The van der Waals surface area contributed by atoms with Crippen LogP contribution in [-0.2, 0) is 11.3 Å². The van der Waals surface area contributed by atoms with Gasteiger partial charge < -0.3 is 16.0 Å². The van der Waals surface area contributed by atoms with Crippen LogP contribution in [0.3, 0.4) is 0 Å². The third-order valence-electron chi connectivity index (χ3n) is 5.04. The van der Waals surface area contributed by atoms with Gasteiger partial charge in [-0.3, -0.25) is 19.1 Å². The van der Waals surface area contributed by atoms with Crippen LogP contribution >= 0.6 is 0 Å². The summed E-state index contributed by atoms with van der Waals surface area (Å²) in [6.45, 7) is 3.99. The van der Waals surface area contributed by atoms with Gasteiger partial charge in [-0.1, -0.05) is 42.5 Å². The van der Waals surface area contributed by atoms with Gasteiger partial charge in [0.05, 0.1) is 13.1 Å². The normalized spacial score (nSPS) is 10.6. The van der Waals surface area contributed by atoms with Crippen LogP contribution in [0.2, 0.25) is 0 Å². The Morgan fingerprint density at radius 1 is 1.10 bits per heavy atom. The van der Waals surface area contributed by atoms with Crippen LogP contribution in [0.1, 0.15) is 16.7 Å². The molecule has 8 heteroatoms. The largest absolute Gasteiger partial charge is 0.383 e. The maximum Gasteiger partial charge on any atom is 0.330 e. The molecule has 0 fully saturated rings. The molecule has 0 aliphatic rings. The summed E-state index contributed by atoms with van der Waals surface area (Å²) >= 11 is 0. The molecule has 4 N–H and O–H groups in total. The van der Waals surface area contributed by atoms with E-state index in [1.807, 2.05) is 62.4 Å². The standard InChI is InChI=1S/C22H25N5O3/c1-14-8-7-11-17(15(14)2)24-18(28)13-26(3)19-20(23)27(22(30)25-21(19)29)12-16-9-5-4-6-10-16/h4-11H,12-13,23H2,1-3H3,(H,24,28)(H,25,29,30). The van der Waals surface area contributed by atoms with Gasteiger partial charge in [0.15, 0.2) is 0 Å². The SMILES string of the molecule is Cc1cccc(NC(=O)CN(C)c2c(N)n(Cc3ccccc3)c(=O)[nH]c2=O)c1C. The van der Waals surface area contributed by atoms with Gasteiger partial charge in [0, 0.05) is 12.7 Å². The summed E-state index contributed by atoms with van der Waals surface area (Å²) < 4.78 is 1.28. The van der Waals surface area contributed by atoms with Crippen molar-refractivity contribution in [3.8, 4) is 0 Å². The van der Waals surface area contributed by atoms with E-state index in [1.54, 1.807) is 7.05 Å². The Morgan fingerprint density at radius 2 is 1.80 bits per heavy atom. The topological polar surface area (TPSA) is 113 Å². The molecule has 0 aliphatic carbocycles. The number of carbonyl (C=O) groups is 1. The summed E-state index contributed by atoms with van der Waals surface area (Å²) in [7, 11) is 1.58. The lowest BCUT2D eigenvalue weighted by atomic mass is 10.1. The van der Waals surface area contributed by atoms with Crippen LogP contribution in [0.5, 0.6) is 0 Å². The minimum atomic E-state index is -0.635. The zero-order valence-corrected chi connectivity index (χ0v) is 17.2. The molecule has 0 saturated heterocycles. The molecule has 30 heavy (non-hydrogen) atoms. The van der Waals surface area contributed by atoms with Gasteiger partial charge in [0.2, 0.25) is 5.91 Å². The predicted molar refractivity (Wildman–Crippen MR) is 119 cm³/mol. The predicted octanol–water partition coefficient (Wildman–Crippen LogP) is 1.86. The summed E-state index contributed by atoms with van der Waals surface area (Å²) in [5.74, 6) is -0.291. The Balaban J connectivity index is 1.84. The zero-order valence-electron chi connectivity index (χ0n) is 17.2. The zero-order chi connectivity index (χ0) is 21.8. The van der Waals surface area contributed by atoms with Crippen molar-refractivity contribution < 1.29 is 4.79 Å². The Morgan fingerprint density at radius 3 is 2.50 bits per heavy atom. The Bertz CT molecular complexity index is 1180. The van der Waals surface area contributed by atoms with Gasteiger partial charge >= 0.3 is 5.69 Å². The number of amides is 1. The molecule has 0 radical (unpaired) electrons. The second-order valence-corrected chi connectivity index (χ2v) is 7.22. The molecule has 0 bridgehead atoms. The number of nitrogens with one attached hydrogen (secondary N) is 2. The minimum Gasteiger partial charge on any atom is -0.383 e. The third kappa shape index (κ3) is 4.43. The number of anilines is 3. The van der Waals surface area contributed by atoms with E-state index in [4.69, 9.17) is 5.73 Å². The maximum absolute atomic E-state index is 12.6. The molecule has 0 unspecified atom stereocenters. The van der Waals surface area contributed by atoms with E-state index < -0.39 is 11.2 Å². The number of hydrogen-bond donors (Lipinski definition) is 3. The van der Waals surface area contributed by atoms with Gasteiger partial charge in [0.1, 0.15) is 11.5 Å².